The second kappa shape index (κ2) is 9.07. The number of benzene rings is 1. The summed E-state index contributed by atoms with van der Waals surface area (Å²) in [6.45, 7) is 0.726. The lowest BCUT2D eigenvalue weighted by Gasteiger charge is -2.21. The Kier molecular flexibility index (Phi) is 6.31. The zero-order valence-corrected chi connectivity index (χ0v) is 15.9. The van der Waals surface area contributed by atoms with E-state index in [-0.39, 0.29) is 19.1 Å². The van der Waals surface area contributed by atoms with Crippen molar-refractivity contribution in [3.8, 4) is 11.5 Å². The fourth-order valence-electron chi connectivity index (χ4n) is 3.01. The van der Waals surface area contributed by atoms with Crippen molar-refractivity contribution in [1.82, 2.24) is 15.2 Å². The predicted molar refractivity (Wildman–Crippen MR) is 101 cm³/mol. The highest BCUT2D eigenvalue weighted by Gasteiger charge is 2.37. The first-order valence-electron chi connectivity index (χ1n) is 8.93. The molecular weight excluding hydrogens is 362 g/mol. The molecule has 1 aliphatic rings. The smallest absolute Gasteiger partial charge is 0.410 e. The van der Waals surface area contributed by atoms with E-state index in [4.69, 9.17) is 14.2 Å². The van der Waals surface area contributed by atoms with Crippen LogP contribution in [0.4, 0.5) is 4.79 Å². The number of nitrogens with zero attached hydrogens (tertiary/aromatic N) is 2. The van der Waals surface area contributed by atoms with Crippen molar-refractivity contribution in [3.63, 3.8) is 0 Å². The number of cyclic esters (lactones) is 1. The van der Waals surface area contributed by atoms with Gasteiger partial charge < -0.3 is 19.5 Å². The van der Waals surface area contributed by atoms with E-state index in [1.807, 2.05) is 18.2 Å². The molecule has 2 aromatic rings. The van der Waals surface area contributed by atoms with Crippen molar-refractivity contribution in [3.05, 3.63) is 53.9 Å². The van der Waals surface area contributed by atoms with Gasteiger partial charge in [-0.15, -0.1) is 0 Å². The fourth-order valence-corrected chi connectivity index (χ4v) is 3.01. The van der Waals surface area contributed by atoms with Gasteiger partial charge in [-0.05, 0) is 35.7 Å². The molecule has 1 aromatic heterocycles. The van der Waals surface area contributed by atoms with Crippen molar-refractivity contribution in [2.75, 3.05) is 27.4 Å². The molecule has 3 rings (SSSR count). The van der Waals surface area contributed by atoms with Gasteiger partial charge in [-0.3, -0.25) is 14.7 Å². The van der Waals surface area contributed by atoms with Crippen LogP contribution >= 0.6 is 0 Å². The summed E-state index contributed by atoms with van der Waals surface area (Å²) in [6.07, 6.45) is 3.62. The van der Waals surface area contributed by atoms with Crippen molar-refractivity contribution in [1.29, 1.82) is 0 Å². The SMILES string of the molecule is COc1ccc(CN2C(=O)OC[C@H]2C(=O)NCCc2cccnc2)cc1OC. The van der Waals surface area contributed by atoms with Gasteiger partial charge in [0.1, 0.15) is 12.6 Å². The fraction of sp³-hybridized carbons (Fsp3) is 0.350. The molecule has 0 saturated carbocycles. The van der Waals surface area contributed by atoms with E-state index in [0.717, 1.165) is 11.1 Å². The number of hydrogen-bond acceptors (Lipinski definition) is 6. The van der Waals surface area contributed by atoms with Crippen LogP contribution in [-0.4, -0.2) is 55.3 Å². The van der Waals surface area contributed by atoms with E-state index in [1.165, 1.54) is 4.90 Å². The summed E-state index contributed by atoms with van der Waals surface area (Å²) in [5, 5.41) is 2.86. The molecule has 1 fully saturated rings. The minimum Gasteiger partial charge on any atom is -0.493 e. The van der Waals surface area contributed by atoms with Crippen LogP contribution in [0.3, 0.4) is 0 Å². The Hall–Kier alpha value is -3.29. The number of amides is 2. The molecular formula is C20H23N3O5. The molecule has 2 heterocycles. The number of hydrogen-bond donors (Lipinski definition) is 1. The number of carbonyl (C=O) groups excluding carboxylic acids is 2. The van der Waals surface area contributed by atoms with Crippen LogP contribution in [0.2, 0.25) is 0 Å². The average Bonchev–Trinajstić information content (AvgIpc) is 3.09. The maximum atomic E-state index is 12.6. The molecule has 148 valence electrons. The Labute approximate surface area is 163 Å². The van der Waals surface area contributed by atoms with Crippen LogP contribution in [0.25, 0.3) is 0 Å². The van der Waals surface area contributed by atoms with Gasteiger partial charge >= 0.3 is 6.09 Å². The van der Waals surface area contributed by atoms with Crippen LogP contribution < -0.4 is 14.8 Å². The summed E-state index contributed by atoms with van der Waals surface area (Å²) >= 11 is 0. The van der Waals surface area contributed by atoms with Crippen LogP contribution in [-0.2, 0) is 22.5 Å². The standard InChI is InChI=1S/C20H23N3O5/c1-26-17-6-5-15(10-18(17)27-2)12-23-16(13-28-20(23)25)19(24)22-9-7-14-4-3-8-21-11-14/h3-6,8,10-11,16H,7,9,12-13H2,1-2H3,(H,22,24)/t16-/m0/s1. The number of ether oxygens (including phenoxy) is 3. The minimum absolute atomic E-state index is 0.0326. The van der Waals surface area contributed by atoms with Crippen LogP contribution in [0, 0.1) is 0 Å². The van der Waals surface area contributed by atoms with Crippen molar-refractivity contribution in [2.24, 2.45) is 0 Å². The predicted octanol–water partition coefficient (Wildman–Crippen LogP) is 1.78. The zero-order valence-electron chi connectivity index (χ0n) is 15.9. The number of pyridine rings is 1. The topological polar surface area (TPSA) is 90.0 Å². The molecule has 2 amide bonds. The third-order valence-electron chi connectivity index (χ3n) is 4.51. The Balaban J connectivity index is 1.61. The van der Waals surface area contributed by atoms with Gasteiger partial charge in [0.25, 0.3) is 0 Å². The van der Waals surface area contributed by atoms with Crippen molar-refractivity contribution < 1.29 is 23.8 Å². The van der Waals surface area contributed by atoms with Crippen molar-refractivity contribution >= 4 is 12.0 Å². The molecule has 28 heavy (non-hydrogen) atoms. The van der Waals surface area contributed by atoms with Gasteiger partial charge in [-0.25, -0.2) is 4.79 Å². The van der Waals surface area contributed by atoms with Gasteiger partial charge in [0.2, 0.25) is 5.91 Å². The molecule has 0 bridgehead atoms. The summed E-state index contributed by atoms with van der Waals surface area (Å²) in [7, 11) is 3.10. The molecule has 1 aliphatic heterocycles. The van der Waals surface area contributed by atoms with Crippen molar-refractivity contribution in [2.45, 2.75) is 19.0 Å². The monoisotopic (exact) mass is 385 g/mol. The molecule has 0 aliphatic carbocycles. The lowest BCUT2D eigenvalue weighted by molar-refractivity contribution is -0.124. The first kappa shape index (κ1) is 19.5. The summed E-state index contributed by atoms with van der Waals surface area (Å²) < 4.78 is 15.6. The molecule has 1 N–H and O–H groups in total. The van der Waals surface area contributed by atoms with Crippen LogP contribution in [0.5, 0.6) is 11.5 Å². The number of methoxy groups -OCH3 is 2. The van der Waals surface area contributed by atoms with E-state index in [0.29, 0.717) is 24.5 Å². The normalized spacial score (nSPS) is 15.9. The number of rotatable bonds is 8. The molecule has 0 radical (unpaired) electrons. The van der Waals surface area contributed by atoms with Gasteiger partial charge in [0, 0.05) is 18.9 Å². The van der Waals surface area contributed by atoms with E-state index in [1.54, 1.807) is 38.7 Å². The zero-order chi connectivity index (χ0) is 19.9. The average molecular weight is 385 g/mol. The van der Waals surface area contributed by atoms with Gasteiger partial charge in [0.05, 0.1) is 20.8 Å². The van der Waals surface area contributed by atoms with E-state index in [9.17, 15) is 9.59 Å². The van der Waals surface area contributed by atoms with Crippen LogP contribution in [0.15, 0.2) is 42.7 Å². The van der Waals surface area contributed by atoms with Gasteiger partial charge in [-0.1, -0.05) is 12.1 Å². The maximum Gasteiger partial charge on any atom is 0.410 e. The van der Waals surface area contributed by atoms with Gasteiger partial charge in [-0.2, -0.15) is 0 Å². The molecule has 1 saturated heterocycles. The van der Waals surface area contributed by atoms with E-state index < -0.39 is 12.1 Å². The summed E-state index contributed by atoms with van der Waals surface area (Å²) in [6, 6.07) is 8.50. The highest BCUT2D eigenvalue weighted by atomic mass is 16.6. The first-order valence-corrected chi connectivity index (χ1v) is 8.93. The minimum atomic E-state index is -0.672. The molecule has 8 nitrogen and oxygen atoms in total. The lowest BCUT2D eigenvalue weighted by Crippen LogP contribution is -2.45. The molecule has 0 spiro atoms. The molecule has 8 heteroatoms. The largest absolute Gasteiger partial charge is 0.493 e. The third-order valence-corrected chi connectivity index (χ3v) is 4.51. The summed E-state index contributed by atoms with van der Waals surface area (Å²) in [4.78, 5) is 30.2. The summed E-state index contributed by atoms with van der Waals surface area (Å²) in [5.41, 5.74) is 1.84. The molecule has 1 aromatic carbocycles. The highest BCUT2D eigenvalue weighted by molar-refractivity contribution is 5.87. The Morgan fingerprint density at radius 1 is 1.25 bits per heavy atom. The first-order chi connectivity index (χ1) is 13.6. The summed E-state index contributed by atoms with van der Waals surface area (Å²) in [5.74, 6) is 0.917. The molecule has 0 unspecified atom stereocenters. The van der Waals surface area contributed by atoms with Gasteiger partial charge in [0.15, 0.2) is 11.5 Å². The number of carbonyl (C=O) groups is 2. The second-order valence-electron chi connectivity index (χ2n) is 6.31. The number of nitrogens with one attached hydrogen (secondary N) is 1. The third kappa shape index (κ3) is 4.51. The maximum absolute atomic E-state index is 12.6. The Morgan fingerprint density at radius 3 is 2.79 bits per heavy atom. The molecule has 1 atom stereocenters. The highest BCUT2D eigenvalue weighted by Crippen LogP contribution is 2.29. The second-order valence-corrected chi connectivity index (χ2v) is 6.31. The lowest BCUT2D eigenvalue weighted by atomic mass is 10.1. The number of aromatic nitrogens is 1. The van der Waals surface area contributed by atoms with E-state index >= 15 is 0 Å². The Bertz CT molecular complexity index is 828. The Morgan fingerprint density at radius 2 is 2.07 bits per heavy atom. The quantitative estimate of drug-likeness (QED) is 0.745. The van der Waals surface area contributed by atoms with Crippen LogP contribution in [0.1, 0.15) is 11.1 Å². The van der Waals surface area contributed by atoms with E-state index in [2.05, 4.69) is 10.3 Å².